The Kier molecular flexibility index (Phi) is 4.93. The van der Waals surface area contributed by atoms with Gasteiger partial charge in [-0.15, -0.1) is 0 Å². The van der Waals surface area contributed by atoms with Crippen molar-refractivity contribution in [1.29, 1.82) is 0 Å². The van der Waals surface area contributed by atoms with Crippen molar-refractivity contribution in [3.05, 3.63) is 0 Å². The second kappa shape index (κ2) is 6.00. The molecule has 1 saturated carbocycles. The third-order valence-electron chi connectivity index (χ3n) is 2.82. The van der Waals surface area contributed by atoms with Crippen LogP contribution in [0, 0.1) is 5.92 Å². The Balaban J connectivity index is 2.48. The van der Waals surface area contributed by atoms with Gasteiger partial charge in [0.15, 0.2) is 0 Å². The van der Waals surface area contributed by atoms with E-state index in [2.05, 4.69) is 13.8 Å². The first kappa shape index (κ1) is 14.0. The van der Waals surface area contributed by atoms with E-state index in [9.17, 15) is 9.59 Å². The maximum Gasteiger partial charge on any atom is 0.303 e. The van der Waals surface area contributed by atoms with Crippen molar-refractivity contribution in [2.45, 2.75) is 51.6 Å². The quantitative estimate of drug-likeness (QED) is 0.692. The molecular formula is C12H22N2O3. The Labute approximate surface area is 102 Å². The minimum atomic E-state index is -0.907. The molecule has 0 heterocycles. The topological polar surface area (TPSA) is 83.6 Å². The third-order valence-corrected chi connectivity index (χ3v) is 2.82. The van der Waals surface area contributed by atoms with Crippen LogP contribution < -0.4 is 5.73 Å². The van der Waals surface area contributed by atoms with Crippen LogP contribution in [-0.2, 0) is 9.59 Å². The van der Waals surface area contributed by atoms with Gasteiger partial charge in [-0.3, -0.25) is 9.59 Å². The Bertz CT molecular complexity index is 287. The Morgan fingerprint density at radius 3 is 2.41 bits per heavy atom. The fraction of sp³-hybridized carbons (Fsp3) is 0.833. The second-order valence-electron chi connectivity index (χ2n) is 5.15. The van der Waals surface area contributed by atoms with Crippen molar-refractivity contribution in [3.63, 3.8) is 0 Å². The van der Waals surface area contributed by atoms with E-state index in [1.54, 1.807) is 0 Å². The average Bonchev–Trinajstić information content (AvgIpc) is 3.04. The summed E-state index contributed by atoms with van der Waals surface area (Å²) in [6.45, 7) is 4.83. The van der Waals surface area contributed by atoms with Gasteiger partial charge in [0, 0.05) is 19.0 Å². The molecule has 17 heavy (non-hydrogen) atoms. The highest BCUT2D eigenvalue weighted by atomic mass is 16.4. The average molecular weight is 242 g/mol. The number of hydrogen-bond acceptors (Lipinski definition) is 3. The highest BCUT2D eigenvalue weighted by molar-refractivity contribution is 5.82. The summed E-state index contributed by atoms with van der Waals surface area (Å²) in [5.74, 6) is -0.594. The molecule has 5 nitrogen and oxygen atoms in total. The standard InChI is InChI=1S/C12H22N2O3/c1-8(2)7-14(9-3-4-9)12(17)10(13)5-6-11(15)16/h8-10H,3-7,13H2,1-2H3,(H,15,16). The molecule has 3 N–H and O–H groups in total. The number of hydrogen-bond donors (Lipinski definition) is 2. The fourth-order valence-corrected chi connectivity index (χ4v) is 1.81. The van der Waals surface area contributed by atoms with E-state index < -0.39 is 12.0 Å². The summed E-state index contributed by atoms with van der Waals surface area (Å²) in [5, 5.41) is 8.57. The van der Waals surface area contributed by atoms with Crippen molar-refractivity contribution in [2.24, 2.45) is 11.7 Å². The maximum atomic E-state index is 12.1. The molecule has 98 valence electrons. The number of nitrogens with zero attached hydrogens (tertiary/aromatic N) is 1. The lowest BCUT2D eigenvalue weighted by Gasteiger charge is -2.27. The van der Waals surface area contributed by atoms with E-state index in [0.29, 0.717) is 18.5 Å². The zero-order chi connectivity index (χ0) is 13.0. The normalized spacial score (nSPS) is 16.9. The molecule has 1 rings (SSSR count). The SMILES string of the molecule is CC(C)CN(C(=O)C(N)CCC(=O)O)C1CC1. The minimum absolute atomic E-state index is 0.0485. The lowest BCUT2D eigenvalue weighted by molar-refractivity contribution is -0.138. The number of carboxylic acid groups (broad SMARTS) is 1. The van der Waals surface area contributed by atoms with E-state index in [-0.39, 0.29) is 18.7 Å². The molecule has 0 aromatic rings. The number of aliphatic carboxylic acids is 1. The maximum absolute atomic E-state index is 12.1. The Morgan fingerprint density at radius 1 is 1.41 bits per heavy atom. The highest BCUT2D eigenvalue weighted by Crippen LogP contribution is 2.28. The number of carbonyl (C=O) groups is 2. The first-order valence-corrected chi connectivity index (χ1v) is 6.19. The number of carboxylic acids is 1. The fourth-order valence-electron chi connectivity index (χ4n) is 1.81. The molecule has 1 atom stereocenters. The van der Waals surface area contributed by atoms with Gasteiger partial charge in [0.1, 0.15) is 0 Å². The second-order valence-corrected chi connectivity index (χ2v) is 5.15. The molecule has 1 fully saturated rings. The first-order chi connectivity index (χ1) is 7.91. The molecule has 0 aromatic heterocycles. The van der Waals surface area contributed by atoms with Crippen LogP contribution in [0.15, 0.2) is 0 Å². The molecule has 0 aromatic carbocycles. The van der Waals surface area contributed by atoms with Crippen LogP contribution in [0.2, 0.25) is 0 Å². The van der Waals surface area contributed by atoms with Crippen molar-refractivity contribution in [1.82, 2.24) is 4.90 Å². The van der Waals surface area contributed by atoms with Crippen LogP contribution in [0.4, 0.5) is 0 Å². The zero-order valence-corrected chi connectivity index (χ0v) is 10.6. The summed E-state index contributed by atoms with van der Waals surface area (Å²) < 4.78 is 0. The molecule has 1 amide bonds. The summed E-state index contributed by atoms with van der Waals surface area (Å²) in [6, 6.07) is -0.341. The molecule has 0 bridgehead atoms. The predicted octanol–water partition coefficient (Wildman–Crippen LogP) is 0.826. The summed E-state index contributed by atoms with van der Waals surface area (Å²) >= 11 is 0. The van der Waals surface area contributed by atoms with Crippen LogP contribution in [0.5, 0.6) is 0 Å². The zero-order valence-electron chi connectivity index (χ0n) is 10.6. The molecule has 0 saturated heterocycles. The lowest BCUT2D eigenvalue weighted by Crippen LogP contribution is -2.46. The minimum Gasteiger partial charge on any atom is -0.481 e. The molecule has 0 aliphatic heterocycles. The monoisotopic (exact) mass is 242 g/mol. The van der Waals surface area contributed by atoms with Crippen LogP contribution in [-0.4, -0.2) is 40.5 Å². The van der Waals surface area contributed by atoms with Crippen LogP contribution in [0.3, 0.4) is 0 Å². The van der Waals surface area contributed by atoms with Crippen LogP contribution >= 0.6 is 0 Å². The van der Waals surface area contributed by atoms with E-state index in [1.807, 2.05) is 4.90 Å². The summed E-state index contributed by atoms with van der Waals surface area (Å²) in [4.78, 5) is 24.4. The Morgan fingerprint density at radius 2 is 2.00 bits per heavy atom. The molecule has 1 aliphatic rings. The summed E-state index contributed by atoms with van der Waals surface area (Å²) in [6.07, 6.45) is 2.26. The number of rotatable bonds is 7. The number of nitrogens with two attached hydrogens (primary N) is 1. The first-order valence-electron chi connectivity index (χ1n) is 6.19. The number of amides is 1. The van der Waals surface area contributed by atoms with Crippen molar-refractivity contribution < 1.29 is 14.7 Å². The molecule has 5 heteroatoms. The van der Waals surface area contributed by atoms with Gasteiger partial charge in [-0.1, -0.05) is 13.8 Å². The Hall–Kier alpha value is -1.10. The van der Waals surface area contributed by atoms with Crippen LogP contribution in [0.25, 0.3) is 0 Å². The summed E-state index contributed by atoms with van der Waals surface area (Å²) in [5.41, 5.74) is 5.75. The van der Waals surface area contributed by atoms with Gasteiger partial charge >= 0.3 is 5.97 Å². The van der Waals surface area contributed by atoms with Gasteiger partial charge in [-0.25, -0.2) is 0 Å². The molecule has 0 spiro atoms. The van der Waals surface area contributed by atoms with Gasteiger partial charge < -0.3 is 15.7 Å². The van der Waals surface area contributed by atoms with E-state index in [0.717, 1.165) is 12.8 Å². The smallest absolute Gasteiger partial charge is 0.303 e. The summed E-state index contributed by atoms with van der Waals surface area (Å²) in [7, 11) is 0. The molecule has 1 aliphatic carbocycles. The van der Waals surface area contributed by atoms with E-state index >= 15 is 0 Å². The predicted molar refractivity (Wildman–Crippen MR) is 64.4 cm³/mol. The van der Waals surface area contributed by atoms with Gasteiger partial charge in [0.2, 0.25) is 5.91 Å². The highest BCUT2D eigenvalue weighted by Gasteiger charge is 2.34. The molecule has 1 unspecified atom stereocenters. The van der Waals surface area contributed by atoms with E-state index in [4.69, 9.17) is 10.8 Å². The molecule has 0 radical (unpaired) electrons. The lowest BCUT2D eigenvalue weighted by atomic mass is 10.1. The van der Waals surface area contributed by atoms with Crippen LogP contribution in [0.1, 0.15) is 39.5 Å². The third kappa shape index (κ3) is 4.73. The van der Waals surface area contributed by atoms with Gasteiger partial charge in [-0.2, -0.15) is 0 Å². The van der Waals surface area contributed by atoms with Crippen molar-refractivity contribution >= 4 is 11.9 Å². The van der Waals surface area contributed by atoms with Gasteiger partial charge in [-0.05, 0) is 25.2 Å². The number of carbonyl (C=O) groups excluding carboxylic acids is 1. The van der Waals surface area contributed by atoms with Crippen molar-refractivity contribution in [3.8, 4) is 0 Å². The van der Waals surface area contributed by atoms with Gasteiger partial charge in [0.05, 0.1) is 6.04 Å². The van der Waals surface area contributed by atoms with Crippen molar-refractivity contribution in [2.75, 3.05) is 6.54 Å². The largest absolute Gasteiger partial charge is 0.481 e. The van der Waals surface area contributed by atoms with Gasteiger partial charge in [0.25, 0.3) is 0 Å². The van der Waals surface area contributed by atoms with E-state index in [1.165, 1.54) is 0 Å². The molecular weight excluding hydrogens is 220 g/mol.